The van der Waals surface area contributed by atoms with Crippen LogP contribution in [-0.2, 0) is 19.1 Å². The van der Waals surface area contributed by atoms with Gasteiger partial charge in [-0.3, -0.25) is 9.59 Å². The molecule has 4 saturated carbocycles. The Morgan fingerprint density at radius 1 is 0.870 bits per heavy atom. The molecule has 1 saturated heterocycles. The number of fused-ring (bicyclic) bond motifs is 7. The number of carboxylic acids is 1. The molecule has 5 fully saturated rings. The van der Waals surface area contributed by atoms with Gasteiger partial charge in [-0.15, -0.1) is 0 Å². The molecule has 0 aromatic heterocycles. The summed E-state index contributed by atoms with van der Waals surface area (Å²) in [6.07, 6.45) is 1.20. The van der Waals surface area contributed by atoms with Crippen LogP contribution in [0.4, 0.5) is 0 Å². The molecule has 6 N–H and O–H groups in total. The molecule has 5 aliphatic carbocycles. The van der Waals surface area contributed by atoms with Crippen molar-refractivity contribution >= 4 is 11.9 Å². The summed E-state index contributed by atoms with van der Waals surface area (Å²) in [4.78, 5) is 27.1. The van der Waals surface area contributed by atoms with Gasteiger partial charge in [-0.1, -0.05) is 46.3 Å². The van der Waals surface area contributed by atoms with Crippen molar-refractivity contribution < 1.29 is 49.7 Å². The molecule has 0 aromatic carbocycles. The fourth-order valence-corrected chi connectivity index (χ4v) is 12.0. The molecule has 1 unspecified atom stereocenters. The molecule has 0 radical (unpaired) electrons. The van der Waals surface area contributed by atoms with Gasteiger partial charge in [-0.05, 0) is 111 Å². The second kappa shape index (κ2) is 11.0. The summed E-state index contributed by atoms with van der Waals surface area (Å²) in [5.74, 6) is -1.40. The van der Waals surface area contributed by atoms with Crippen LogP contribution in [0, 0.1) is 50.2 Å². The van der Waals surface area contributed by atoms with Crippen molar-refractivity contribution in [2.45, 2.75) is 143 Å². The molecule has 6 aliphatic rings. The van der Waals surface area contributed by atoms with E-state index in [9.17, 15) is 40.2 Å². The minimum atomic E-state index is -1.65. The van der Waals surface area contributed by atoms with Crippen molar-refractivity contribution in [1.82, 2.24) is 0 Å². The van der Waals surface area contributed by atoms with E-state index in [1.54, 1.807) is 6.92 Å². The van der Waals surface area contributed by atoms with Gasteiger partial charge in [-0.25, -0.2) is 0 Å². The first kappa shape index (κ1) is 34.3. The van der Waals surface area contributed by atoms with Gasteiger partial charge in [0.2, 0.25) is 6.29 Å². The monoisotopic (exact) mass is 648 g/mol. The Labute approximate surface area is 272 Å². The number of carbonyl (C=O) groups excluding carboxylic acids is 1. The number of hydrogen-bond acceptors (Lipinski definition) is 9. The van der Waals surface area contributed by atoms with Crippen LogP contribution in [-0.4, -0.2) is 86.0 Å². The summed E-state index contributed by atoms with van der Waals surface area (Å²) in [7, 11) is 0. The highest BCUT2D eigenvalue weighted by Crippen LogP contribution is 2.76. The van der Waals surface area contributed by atoms with Crippen molar-refractivity contribution in [3.05, 3.63) is 11.6 Å². The first-order valence-electron chi connectivity index (χ1n) is 17.5. The average Bonchev–Trinajstić information content (AvgIpc) is 2.99. The van der Waals surface area contributed by atoms with E-state index in [4.69, 9.17) is 9.47 Å². The van der Waals surface area contributed by atoms with Gasteiger partial charge in [0.15, 0.2) is 0 Å². The zero-order valence-corrected chi connectivity index (χ0v) is 28.4. The summed E-state index contributed by atoms with van der Waals surface area (Å²) in [6, 6.07) is 0. The van der Waals surface area contributed by atoms with E-state index in [-0.39, 0.29) is 39.4 Å². The Hall–Kier alpha value is -1.56. The van der Waals surface area contributed by atoms with E-state index in [1.807, 2.05) is 0 Å². The summed E-state index contributed by atoms with van der Waals surface area (Å²) in [5.41, 5.74) is -1.39. The second-order valence-corrected chi connectivity index (χ2v) is 17.6. The van der Waals surface area contributed by atoms with Crippen molar-refractivity contribution in [1.29, 1.82) is 0 Å². The molecule has 0 spiro atoms. The first-order valence-corrected chi connectivity index (χ1v) is 17.5. The molecular weight excluding hydrogens is 592 g/mol. The lowest BCUT2D eigenvalue weighted by molar-refractivity contribution is -0.297. The highest BCUT2D eigenvalue weighted by molar-refractivity contribution is 5.79. The Kier molecular flexibility index (Phi) is 8.18. The Balaban J connectivity index is 1.36. The van der Waals surface area contributed by atoms with Gasteiger partial charge in [0.05, 0.1) is 23.5 Å². The van der Waals surface area contributed by atoms with Crippen LogP contribution in [0.3, 0.4) is 0 Å². The van der Waals surface area contributed by atoms with E-state index in [0.29, 0.717) is 19.3 Å². The van der Waals surface area contributed by atoms with Crippen molar-refractivity contribution in [3.8, 4) is 0 Å². The minimum absolute atomic E-state index is 0.0130. The van der Waals surface area contributed by atoms with Crippen LogP contribution in [0.15, 0.2) is 11.6 Å². The van der Waals surface area contributed by atoms with E-state index in [2.05, 4.69) is 40.7 Å². The third-order valence-electron chi connectivity index (χ3n) is 15.2. The molecule has 0 bridgehead atoms. The lowest BCUT2D eigenvalue weighted by atomic mass is 9.33. The van der Waals surface area contributed by atoms with E-state index < -0.39 is 66.2 Å². The highest BCUT2D eigenvalue weighted by atomic mass is 16.7. The number of aliphatic hydroxyl groups excluding tert-OH is 5. The maximum atomic E-state index is 14.4. The van der Waals surface area contributed by atoms with Crippen molar-refractivity contribution in [3.63, 3.8) is 0 Å². The van der Waals surface area contributed by atoms with Gasteiger partial charge < -0.3 is 40.1 Å². The summed E-state index contributed by atoms with van der Waals surface area (Å²) in [6.45, 7) is 12.6. The molecule has 260 valence electrons. The maximum absolute atomic E-state index is 14.4. The van der Waals surface area contributed by atoms with Crippen molar-refractivity contribution in [2.75, 3.05) is 6.61 Å². The number of aliphatic carboxylic acids is 1. The number of ether oxygens (including phenoxy) is 2. The number of rotatable bonds is 4. The smallest absolute Gasteiger partial charge is 0.315 e. The largest absolute Gasteiger partial charge is 0.481 e. The molecule has 1 heterocycles. The average molecular weight is 649 g/mol. The molecule has 0 aromatic rings. The quantitative estimate of drug-likeness (QED) is 0.195. The SMILES string of the molecule is CC1(C)CC[C@]2(C(=O)O[C@@H]3O[C@H](CO)[C@@H](O)[C@H](O)[C@H]3O)CC[C@]3(C)C(=CC[C@@H]4[C@@]5(C)CCC(O)[C@@](C)(C(=O)O)[C@@H]5CC[C@]43C)[C@@H]2C1. The van der Waals surface area contributed by atoms with Crippen LogP contribution in [0.1, 0.15) is 106 Å². The third-order valence-corrected chi connectivity index (χ3v) is 15.2. The molecule has 6 rings (SSSR count). The fraction of sp³-hybridized carbons (Fsp3) is 0.889. The van der Waals surface area contributed by atoms with Crippen LogP contribution >= 0.6 is 0 Å². The van der Waals surface area contributed by atoms with E-state index >= 15 is 0 Å². The molecule has 10 heteroatoms. The van der Waals surface area contributed by atoms with Crippen LogP contribution in [0.25, 0.3) is 0 Å². The first-order chi connectivity index (χ1) is 21.3. The Morgan fingerprint density at radius 3 is 2.20 bits per heavy atom. The van der Waals surface area contributed by atoms with Crippen molar-refractivity contribution in [2.24, 2.45) is 50.2 Å². The topological polar surface area (TPSA) is 174 Å². The number of aliphatic hydroxyl groups is 5. The normalized spacial score (nSPS) is 53.0. The zero-order valence-electron chi connectivity index (χ0n) is 28.4. The Bertz CT molecular complexity index is 1280. The van der Waals surface area contributed by atoms with Gasteiger partial charge in [-0.2, -0.15) is 0 Å². The summed E-state index contributed by atoms with van der Waals surface area (Å²) >= 11 is 0. The number of esters is 1. The predicted octanol–water partition coefficient (Wildman–Crippen LogP) is 3.56. The van der Waals surface area contributed by atoms with Crippen LogP contribution in [0.2, 0.25) is 0 Å². The van der Waals surface area contributed by atoms with E-state index in [1.165, 1.54) is 5.57 Å². The Morgan fingerprint density at radius 2 is 1.54 bits per heavy atom. The van der Waals surface area contributed by atoms with Gasteiger partial charge in [0.1, 0.15) is 24.4 Å². The molecule has 0 amide bonds. The van der Waals surface area contributed by atoms with Crippen LogP contribution < -0.4 is 0 Å². The molecule has 46 heavy (non-hydrogen) atoms. The van der Waals surface area contributed by atoms with Gasteiger partial charge in [0, 0.05) is 0 Å². The lowest BCUT2D eigenvalue weighted by Gasteiger charge is -2.71. The van der Waals surface area contributed by atoms with Crippen LogP contribution in [0.5, 0.6) is 0 Å². The number of carbonyl (C=O) groups is 2. The highest BCUT2D eigenvalue weighted by Gasteiger charge is 2.71. The molecule has 14 atom stereocenters. The van der Waals surface area contributed by atoms with Gasteiger partial charge in [0.25, 0.3) is 0 Å². The van der Waals surface area contributed by atoms with E-state index in [0.717, 1.165) is 44.9 Å². The number of carboxylic acid groups (broad SMARTS) is 1. The standard InChI is InChI=1S/C36H56O10/c1-31(2)13-15-36(30(44)46-28-27(41)26(40)25(39)21(18-37)45-28)16-14-33(4)19(20(36)17-31)7-8-22-32(3)11-10-24(38)35(6,29(42)43)23(32)9-12-34(22,33)5/h7,20-28,37-41H,8-18H2,1-6H3,(H,42,43)/t20-,21+,22+,23+,24?,25+,26-,27+,28-,32+,33+,34+,35-,36-/m0/s1. The molecule has 1 aliphatic heterocycles. The second-order valence-electron chi connectivity index (χ2n) is 17.6. The number of hydrogen-bond donors (Lipinski definition) is 6. The van der Waals surface area contributed by atoms with Gasteiger partial charge >= 0.3 is 11.9 Å². The third kappa shape index (κ3) is 4.49. The summed E-state index contributed by atoms with van der Waals surface area (Å²) in [5, 5.41) is 62.4. The number of allylic oxidation sites excluding steroid dienone is 2. The zero-order chi connectivity index (χ0) is 33.8. The molecular formula is C36H56O10. The minimum Gasteiger partial charge on any atom is -0.481 e. The maximum Gasteiger partial charge on any atom is 0.315 e. The molecule has 10 nitrogen and oxygen atoms in total. The lowest BCUT2D eigenvalue weighted by Crippen LogP contribution is -2.66. The summed E-state index contributed by atoms with van der Waals surface area (Å²) < 4.78 is 11.5. The fourth-order valence-electron chi connectivity index (χ4n) is 12.0. The predicted molar refractivity (Wildman–Crippen MR) is 167 cm³/mol.